The largest absolute Gasteiger partial charge is 0.324 e. The molecule has 0 heterocycles. The number of hydrogen-bond donors (Lipinski definition) is 1. The Labute approximate surface area is 87.5 Å². The van der Waals surface area contributed by atoms with Gasteiger partial charge in [0.05, 0.1) is 0 Å². The van der Waals surface area contributed by atoms with E-state index in [1.807, 2.05) is 0 Å². The average molecular weight is 275 g/mol. The molecule has 0 radical (unpaired) electrons. The summed E-state index contributed by atoms with van der Waals surface area (Å²) in [5, 5.41) is 0. The van der Waals surface area contributed by atoms with Crippen LogP contribution in [0.4, 0.5) is 0 Å². The van der Waals surface area contributed by atoms with Crippen LogP contribution < -0.4 is 5.73 Å². The molecule has 0 aliphatic heterocycles. The van der Waals surface area contributed by atoms with Crippen LogP contribution in [0, 0.1) is 10.5 Å². The van der Waals surface area contributed by atoms with Crippen molar-refractivity contribution in [2.45, 2.75) is 26.3 Å². The van der Waals surface area contributed by atoms with E-state index in [-0.39, 0.29) is 6.04 Å². The second-order valence-electron chi connectivity index (χ2n) is 3.02. The fourth-order valence-electron chi connectivity index (χ4n) is 1.08. The molecule has 66 valence electrons. The lowest BCUT2D eigenvalue weighted by Gasteiger charge is -2.10. The van der Waals surface area contributed by atoms with Crippen molar-refractivity contribution in [3.05, 3.63) is 32.9 Å². The van der Waals surface area contributed by atoms with Crippen LogP contribution in [0.25, 0.3) is 0 Å². The Morgan fingerprint density at radius 1 is 1.50 bits per heavy atom. The van der Waals surface area contributed by atoms with Crippen molar-refractivity contribution in [3.8, 4) is 0 Å². The van der Waals surface area contributed by atoms with Crippen LogP contribution in [0.1, 0.15) is 30.5 Å². The number of rotatable bonds is 2. The molecule has 0 unspecified atom stereocenters. The first-order chi connectivity index (χ1) is 5.65. The minimum Gasteiger partial charge on any atom is -0.324 e. The Morgan fingerprint density at radius 2 is 2.17 bits per heavy atom. The summed E-state index contributed by atoms with van der Waals surface area (Å²) in [6.07, 6.45) is 0.999. The van der Waals surface area contributed by atoms with Gasteiger partial charge in [0.1, 0.15) is 0 Å². The predicted molar refractivity (Wildman–Crippen MR) is 61.1 cm³/mol. The Morgan fingerprint density at radius 3 is 2.67 bits per heavy atom. The number of benzene rings is 1. The standard InChI is InChI=1S/C10H14IN/c1-3-10(12)8-5-4-7(2)9(11)6-8/h4-6,10H,3,12H2,1-2H3/t10-/m0/s1. The van der Waals surface area contributed by atoms with Crippen molar-refractivity contribution in [2.24, 2.45) is 5.73 Å². The molecule has 0 aromatic heterocycles. The van der Waals surface area contributed by atoms with Gasteiger partial charge in [-0.05, 0) is 53.1 Å². The average Bonchev–Trinajstić information content (AvgIpc) is 2.08. The van der Waals surface area contributed by atoms with E-state index < -0.39 is 0 Å². The third-order valence-electron chi connectivity index (χ3n) is 2.06. The Balaban J connectivity index is 2.96. The maximum atomic E-state index is 5.91. The highest BCUT2D eigenvalue weighted by molar-refractivity contribution is 14.1. The fourth-order valence-corrected chi connectivity index (χ4v) is 1.61. The summed E-state index contributed by atoms with van der Waals surface area (Å²) in [5.74, 6) is 0. The molecular weight excluding hydrogens is 261 g/mol. The van der Waals surface area contributed by atoms with Crippen LogP contribution in [0.2, 0.25) is 0 Å². The molecule has 1 aromatic carbocycles. The number of aryl methyl sites for hydroxylation is 1. The van der Waals surface area contributed by atoms with Crippen molar-refractivity contribution >= 4 is 22.6 Å². The van der Waals surface area contributed by atoms with E-state index in [1.165, 1.54) is 14.7 Å². The Hall–Kier alpha value is -0.0900. The summed E-state index contributed by atoms with van der Waals surface area (Å²) < 4.78 is 1.30. The molecule has 1 aromatic rings. The molecule has 12 heavy (non-hydrogen) atoms. The molecule has 2 N–H and O–H groups in total. The van der Waals surface area contributed by atoms with Gasteiger partial charge in [0, 0.05) is 9.61 Å². The molecule has 0 bridgehead atoms. The van der Waals surface area contributed by atoms with Gasteiger partial charge in [-0.25, -0.2) is 0 Å². The number of halogens is 1. The molecule has 0 amide bonds. The monoisotopic (exact) mass is 275 g/mol. The van der Waals surface area contributed by atoms with Crippen LogP contribution in [-0.4, -0.2) is 0 Å². The molecule has 0 aliphatic carbocycles. The number of nitrogens with two attached hydrogens (primary N) is 1. The van der Waals surface area contributed by atoms with Gasteiger partial charge >= 0.3 is 0 Å². The van der Waals surface area contributed by atoms with Crippen molar-refractivity contribution in [1.29, 1.82) is 0 Å². The second-order valence-corrected chi connectivity index (χ2v) is 4.19. The van der Waals surface area contributed by atoms with Gasteiger partial charge in [0.15, 0.2) is 0 Å². The Bertz CT molecular complexity index is 271. The highest BCUT2D eigenvalue weighted by atomic mass is 127. The predicted octanol–water partition coefficient (Wildman–Crippen LogP) is 3.01. The molecule has 0 saturated heterocycles. The summed E-state index contributed by atoms with van der Waals surface area (Å²) in [4.78, 5) is 0. The van der Waals surface area contributed by atoms with Crippen molar-refractivity contribution in [2.75, 3.05) is 0 Å². The van der Waals surface area contributed by atoms with Crippen LogP contribution in [-0.2, 0) is 0 Å². The van der Waals surface area contributed by atoms with E-state index in [2.05, 4.69) is 54.6 Å². The molecule has 0 fully saturated rings. The van der Waals surface area contributed by atoms with Crippen molar-refractivity contribution < 1.29 is 0 Å². The fraction of sp³-hybridized carbons (Fsp3) is 0.400. The van der Waals surface area contributed by atoms with Gasteiger partial charge in [-0.15, -0.1) is 0 Å². The van der Waals surface area contributed by atoms with Crippen molar-refractivity contribution in [1.82, 2.24) is 0 Å². The summed E-state index contributed by atoms with van der Waals surface area (Å²) >= 11 is 2.34. The highest BCUT2D eigenvalue weighted by Gasteiger charge is 2.03. The summed E-state index contributed by atoms with van der Waals surface area (Å²) in [6, 6.07) is 6.61. The van der Waals surface area contributed by atoms with Gasteiger partial charge in [-0.3, -0.25) is 0 Å². The van der Waals surface area contributed by atoms with E-state index in [0.717, 1.165) is 6.42 Å². The first-order valence-corrected chi connectivity index (χ1v) is 5.24. The van der Waals surface area contributed by atoms with Gasteiger partial charge in [-0.1, -0.05) is 19.1 Å². The number of hydrogen-bond acceptors (Lipinski definition) is 1. The minimum atomic E-state index is 0.194. The van der Waals surface area contributed by atoms with Crippen LogP contribution in [0.5, 0.6) is 0 Å². The topological polar surface area (TPSA) is 26.0 Å². The zero-order chi connectivity index (χ0) is 9.14. The Kier molecular flexibility index (Phi) is 3.53. The molecule has 0 saturated carbocycles. The second kappa shape index (κ2) is 4.23. The highest BCUT2D eigenvalue weighted by Crippen LogP contribution is 2.19. The molecule has 1 atom stereocenters. The molecule has 1 rings (SSSR count). The van der Waals surface area contributed by atoms with Crippen LogP contribution in [0.3, 0.4) is 0 Å². The first kappa shape index (κ1) is 9.99. The van der Waals surface area contributed by atoms with Crippen LogP contribution in [0.15, 0.2) is 18.2 Å². The molecule has 2 heteroatoms. The third kappa shape index (κ3) is 2.20. The van der Waals surface area contributed by atoms with E-state index in [0.29, 0.717) is 0 Å². The maximum absolute atomic E-state index is 5.91. The van der Waals surface area contributed by atoms with E-state index in [4.69, 9.17) is 5.73 Å². The van der Waals surface area contributed by atoms with E-state index in [1.54, 1.807) is 0 Å². The van der Waals surface area contributed by atoms with Crippen molar-refractivity contribution in [3.63, 3.8) is 0 Å². The lowest BCUT2D eigenvalue weighted by Crippen LogP contribution is -2.08. The van der Waals surface area contributed by atoms with Gasteiger partial charge in [0.2, 0.25) is 0 Å². The normalized spacial score (nSPS) is 13.0. The molecular formula is C10H14IN. The molecule has 1 nitrogen and oxygen atoms in total. The first-order valence-electron chi connectivity index (χ1n) is 4.16. The van der Waals surface area contributed by atoms with Gasteiger partial charge < -0.3 is 5.73 Å². The van der Waals surface area contributed by atoms with Gasteiger partial charge in [0.25, 0.3) is 0 Å². The summed E-state index contributed by atoms with van der Waals surface area (Å²) in [5.41, 5.74) is 8.47. The lowest BCUT2D eigenvalue weighted by atomic mass is 10.0. The third-order valence-corrected chi connectivity index (χ3v) is 3.23. The van der Waals surface area contributed by atoms with Crippen LogP contribution >= 0.6 is 22.6 Å². The summed E-state index contributed by atoms with van der Waals surface area (Å²) in [6.45, 7) is 4.22. The van der Waals surface area contributed by atoms with Gasteiger partial charge in [-0.2, -0.15) is 0 Å². The maximum Gasteiger partial charge on any atom is 0.0292 e. The molecule has 0 aliphatic rings. The summed E-state index contributed by atoms with van der Waals surface area (Å²) in [7, 11) is 0. The zero-order valence-electron chi connectivity index (χ0n) is 7.47. The SMILES string of the molecule is CC[C@H](N)c1ccc(C)c(I)c1. The zero-order valence-corrected chi connectivity index (χ0v) is 9.63. The molecule has 0 spiro atoms. The van der Waals surface area contributed by atoms with E-state index >= 15 is 0 Å². The lowest BCUT2D eigenvalue weighted by molar-refractivity contribution is 0.698. The smallest absolute Gasteiger partial charge is 0.0292 e. The quantitative estimate of drug-likeness (QED) is 0.825. The van der Waals surface area contributed by atoms with E-state index in [9.17, 15) is 0 Å². The minimum absolute atomic E-state index is 0.194.